The van der Waals surface area contributed by atoms with E-state index in [1.165, 1.54) is 0 Å². The Kier molecular flexibility index (Phi) is 4.16. The highest BCUT2D eigenvalue weighted by atomic mass is 16.2. The number of anilines is 2. The summed E-state index contributed by atoms with van der Waals surface area (Å²) in [4.78, 5) is 38.3. The fourth-order valence-electron chi connectivity index (χ4n) is 2.58. The molecule has 0 aliphatic carbocycles. The monoisotopic (exact) mass is 322 g/mol. The number of carbonyl (C=O) groups is 3. The fraction of sp³-hybridized carbons (Fsp3) is 0.211. The van der Waals surface area contributed by atoms with Crippen LogP contribution in [0.25, 0.3) is 0 Å². The number of carbonyl (C=O) groups excluding carboxylic acids is 3. The van der Waals surface area contributed by atoms with Crippen LogP contribution in [-0.2, 0) is 4.79 Å². The van der Waals surface area contributed by atoms with Gasteiger partial charge in [-0.15, -0.1) is 0 Å². The van der Waals surface area contributed by atoms with Gasteiger partial charge in [-0.05, 0) is 36.8 Å². The molecule has 0 fully saturated rings. The minimum Gasteiger partial charge on any atom is -0.326 e. The zero-order valence-corrected chi connectivity index (χ0v) is 13.6. The molecule has 5 heteroatoms. The molecule has 3 amide bonds. The third-order valence-electron chi connectivity index (χ3n) is 4.23. The smallest absolute Gasteiger partial charge is 0.266 e. The summed E-state index contributed by atoms with van der Waals surface area (Å²) >= 11 is 0. The van der Waals surface area contributed by atoms with Gasteiger partial charge >= 0.3 is 0 Å². The van der Waals surface area contributed by atoms with Crippen molar-refractivity contribution in [2.45, 2.75) is 20.3 Å². The minimum atomic E-state index is -0.374. The summed E-state index contributed by atoms with van der Waals surface area (Å²) in [6.45, 7) is 3.78. The fourth-order valence-corrected chi connectivity index (χ4v) is 2.58. The topological polar surface area (TPSA) is 66.5 Å². The van der Waals surface area contributed by atoms with Gasteiger partial charge in [-0.25, -0.2) is 4.90 Å². The van der Waals surface area contributed by atoms with Crippen molar-refractivity contribution in [3.05, 3.63) is 59.7 Å². The Morgan fingerprint density at radius 2 is 1.71 bits per heavy atom. The lowest BCUT2D eigenvalue weighted by atomic mass is 10.1. The lowest BCUT2D eigenvalue weighted by Crippen LogP contribution is -2.29. The van der Waals surface area contributed by atoms with Crippen molar-refractivity contribution in [2.75, 3.05) is 10.2 Å². The molecule has 0 aromatic heterocycles. The Labute approximate surface area is 140 Å². The molecule has 3 rings (SSSR count). The molecule has 1 atom stereocenters. The van der Waals surface area contributed by atoms with E-state index in [1.54, 1.807) is 42.5 Å². The summed E-state index contributed by atoms with van der Waals surface area (Å²) in [5.74, 6) is -0.938. The number of para-hydroxylation sites is 1. The zero-order valence-electron chi connectivity index (χ0n) is 13.6. The summed E-state index contributed by atoms with van der Waals surface area (Å²) < 4.78 is 0. The molecule has 24 heavy (non-hydrogen) atoms. The zero-order chi connectivity index (χ0) is 17.3. The molecule has 0 spiro atoms. The lowest BCUT2D eigenvalue weighted by Gasteiger charge is -2.13. The van der Waals surface area contributed by atoms with Crippen molar-refractivity contribution in [3.63, 3.8) is 0 Å². The van der Waals surface area contributed by atoms with Gasteiger partial charge in [0.1, 0.15) is 0 Å². The maximum atomic E-state index is 12.6. The normalized spacial score (nSPS) is 14.5. The molecule has 0 saturated heterocycles. The van der Waals surface area contributed by atoms with Gasteiger partial charge in [-0.2, -0.15) is 0 Å². The first kappa shape index (κ1) is 15.9. The first-order chi connectivity index (χ1) is 11.5. The van der Waals surface area contributed by atoms with Crippen LogP contribution in [0.3, 0.4) is 0 Å². The van der Waals surface area contributed by atoms with E-state index >= 15 is 0 Å². The van der Waals surface area contributed by atoms with Gasteiger partial charge in [0.2, 0.25) is 5.91 Å². The summed E-state index contributed by atoms with van der Waals surface area (Å²) in [5, 5.41) is 2.79. The van der Waals surface area contributed by atoms with Crippen molar-refractivity contribution in [3.8, 4) is 0 Å². The molecule has 122 valence electrons. The van der Waals surface area contributed by atoms with Crippen LogP contribution in [0.4, 0.5) is 11.4 Å². The lowest BCUT2D eigenvalue weighted by molar-refractivity contribution is -0.119. The second-order valence-electron chi connectivity index (χ2n) is 5.84. The number of hydrogen-bond acceptors (Lipinski definition) is 3. The van der Waals surface area contributed by atoms with Crippen LogP contribution in [0.5, 0.6) is 0 Å². The van der Waals surface area contributed by atoms with Gasteiger partial charge in [0.25, 0.3) is 11.8 Å². The number of nitrogens with one attached hydrogen (secondary N) is 1. The van der Waals surface area contributed by atoms with E-state index in [2.05, 4.69) is 5.32 Å². The first-order valence-electron chi connectivity index (χ1n) is 7.91. The van der Waals surface area contributed by atoms with Crippen LogP contribution in [0.1, 0.15) is 41.0 Å². The van der Waals surface area contributed by atoms with Crippen LogP contribution in [-0.4, -0.2) is 17.7 Å². The number of rotatable bonds is 4. The Hall–Kier alpha value is -2.95. The molecule has 0 saturated carbocycles. The first-order valence-corrected chi connectivity index (χ1v) is 7.91. The average Bonchev–Trinajstić information content (AvgIpc) is 2.85. The van der Waals surface area contributed by atoms with Crippen LogP contribution >= 0.6 is 0 Å². The van der Waals surface area contributed by atoms with E-state index in [-0.39, 0.29) is 23.6 Å². The van der Waals surface area contributed by atoms with Crippen molar-refractivity contribution >= 4 is 29.1 Å². The maximum absolute atomic E-state index is 12.6. The van der Waals surface area contributed by atoms with Crippen molar-refractivity contribution in [2.24, 2.45) is 5.92 Å². The largest absolute Gasteiger partial charge is 0.326 e. The summed E-state index contributed by atoms with van der Waals surface area (Å²) in [6.07, 6.45) is 0.732. The number of amides is 3. The third-order valence-corrected chi connectivity index (χ3v) is 4.23. The minimum absolute atomic E-state index is 0.103. The summed E-state index contributed by atoms with van der Waals surface area (Å²) in [7, 11) is 0. The molecular formula is C19H18N2O3. The van der Waals surface area contributed by atoms with Crippen molar-refractivity contribution in [1.29, 1.82) is 0 Å². The molecule has 1 aliphatic heterocycles. The van der Waals surface area contributed by atoms with Gasteiger partial charge in [-0.1, -0.05) is 32.0 Å². The van der Waals surface area contributed by atoms with Gasteiger partial charge in [-0.3, -0.25) is 14.4 Å². The third kappa shape index (κ3) is 2.69. The molecule has 2 aromatic rings. The molecule has 1 N–H and O–H groups in total. The van der Waals surface area contributed by atoms with Crippen LogP contribution < -0.4 is 10.2 Å². The predicted octanol–water partition coefficient (Wildman–Crippen LogP) is 3.47. The molecule has 5 nitrogen and oxygen atoms in total. The Balaban J connectivity index is 1.91. The van der Waals surface area contributed by atoms with E-state index in [0.29, 0.717) is 22.5 Å². The molecule has 1 heterocycles. The quantitative estimate of drug-likeness (QED) is 0.877. The van der Waals surface area contributed by atoms with Gasteiger partial charge in [0, 0.05) is 11.6 Å². The van der Waals surface area contributed by atoms with Crippen LogP contribution in [0, 0.1) is 5.92 Å². The van der Waals surface area contributed by atoms with Crippen LogP contribution in [0.2, 0.25) is 0 Å². The van der Waals surface area contributed by atoms with Gasteiger partial charge < -0.3 is 5.32 Å². The number of imide groups is 1. The predicted molar refractivity (Wildman–Crippen MR) is 92.1 cm³/mol. The SMILES string of the molecule is CC[C@@H](C)C(=O)Nc1ccc2c(c1)C(=O)N(c1ccccc1)C2=O. The Bertz CT molecular complexity index is 815. The van der Waals surface area contributed by atoms with Gasteiger partial charge in [0.05, 0.1) is 16.8 Å². The van der Waals surface area contributed by atoms with Gasteiger partial charge in [0.15, 0.2) is 0 Å². The standard InChI is InChI=1S/C19H18N2O3/c1-3-12(2)17(22)20-13-9-10-15-16(11-13)19(24)21(18(15)23)14-7-5-4-6-8-14/h4-12H,3H2,1-2H3,(H,20,22)/t12-/m1/s1. The van der Waals surface area contributed by atoms with Crippen molar-refractivity contribution in [1.82, 2.24) is 0 Å². The van der Waals surface area contributed by atoms with E-state index in [0.717, 1.165) is 11.3 Å². The van der Waals surface area contributed by atoms with E-state index in [4.69, 9.17) is 0 Å². The highest BCUT2D eigenvalue weighted by Crippen LogP contribution is 2.30. The molecular weight excluding hydrogens is 304 g/mol. The highest BCUT2D eigenvalue weighted by molar-refractivity contribution is 6.34. The Morgan fingerprint density at radius 3 is 2.38 bits per heavy atom. The summed E-state index contributed by atoms with van der Waals surface area (Å²) in [5.41, 5.74) is 1.72. The van der Waals surface area contributed by atoms with Crippen LogP contribution in [0.15, 0.2) is 48.5 Å². The second-order valence-corrected chi connectivity index (χ2v) is 5.84. The average molecular weight is 322 g/mol. The summed E-state index contributed by atoms with van der Waals surface area (Å²) in [6, 6.07) is 13.6. The second kappa shape index (κ2) is 6.28. The van der Waals surface area contributed by atoms with E-state index < -0.39 is 0 Å². The molecule has 0 unspecified atom stereocenters. The Morgan fingerprint density at radius 1 is 1.04 bits per heavy atom. The number of benzene rings is 2. The molecule has 2 aromatic carbocycles. The highest BCUT2D eigenvalue weighted by Gasteiger charge is 2.36. The maximum Gasteiger partial charge on any atom is 0.266 e. The van der Waals surface area contributed by atoms with Crippen molar-refractivity contribution < 1.29 is 14.4 Å². The number of nitrogens with zero attached hydrogens (tertiary/aromatic N) is 1. The van der Waals surface area contributed by atoms with E-state index in [1.807, 2.05) is 19.9 Å². The number of fused-ring (bicyclic) bond motifs is 1. The van der Waals surface area contributed by atoms with E-state index in [9.17, 15) is 14.4 Å². The molecule has 0 bridgehead atoms. The molecule has 1 aliphatic rings. The number of hydrogen-bond donors (Lipinski definition) is 1. The molecule has 0 radical (unpaired) electrons.